The van der Waals surface area contributed by atoms with Crippen molar-refractivity contribution in [2.24, 2.45) is 5.73 Å². The molecule has 0 aliphatic carbocycles. The summed E-state index contributed by atoms with van der Waals surface area (Å²) in [6, 6.07) is 16.9. The van der Waals surface area contributed by atoms with Crippen LogP contribution < -0.4 is 30.2 Å². The molecular weight excluding hydrogens is 446 g/mol. The first-order valence-electron chi connectivity index (χ1n) is 11.0. The Morgan fingerprint density at radius 1 is 0.857 bits per heavy atom. The van der Waals surface area contributed by atoms with Crippen LogP contribution in [0.2, 0.25) is 0 Å². The standard InChI is InChI=1S/C27H31N3O5/c1-27(2,3)17-7-13-24(34-6)22(15-17)30(26(28)32)18-8-10-19(11-9-18)35-20-12-14-23(33-5)21(16-20)25(31)29-4/h7-16H,1-6H3,(H2,28,32)(H,29,31). The largest absolute Gasteiger partial charge is 0.496 e. The molecule has 0 radical (unpaired) electrons. The Balaban J connectivity index is 1.94. The SMILES string of the molecule is CNC(=O)c1cc(Oc2ccc(N(C(N)=O)c3cc(C(C)(C)C)ccc3OC)cc2)ccc1OC. The summed E-state index contributed by atoms with van der Waals surface area (Å²) in [4.78, 5) is 26.1. The van der Waals surface area contributed by atoms with Gasteiger partial charge in [0.25, 0.3) is 5.91 Å². The fourth-order valence-electron chi connectivity index (χ4n) is 3.58. The maximum Gasteiger partial charge on any atom is 0.324 e. The van der Waals surface area contributed by atoms with E-state index in [9.17, 15) is 9.59 Å². The molecule has 0 aliphatic rings. The first-order valence-corrected chi connectivity index (χ1v) is 11.0. The highest BCUT2D eigenvalue weighted by molar-refractivity contribution is 6.00. The van der Waals surface area contributed by atoms with Crippen LogP contribution in [0.1, 0.15) is 36.7 Å². The van der Waals surface area contributed by atoms with E-state index in [-0.39, 0.29) is 11.3 Å². The molecule has 35 heavy (non-hydrogen) atoms. The number of carbonyl (C=O) groups excluding carboxylic acids is 2. The molecule has 0 heterocycles. The van der Waals surface area contributed by atoms with E-state index in [0.717, 1.165) is 5.56 Å². The second-order valence-corrected chi connectivity index (χ2v) is 8.85. The number of urea groups is 1. The number of ether oxygens (including phenoxy) is 3. The quantitative estimate of drug-likeness (QED) is 0.476. The number of primary amides is 1. The minimum atomic E-state index is -0.645. The topological polar surface area (TPSA) is 103 Å². The zero-order chi connectivity index (χ0) is 25.8. The number of hydrogen-bond donors (Lipinski definition) is 2. The number of carbonyl (C=O) groups is 2. The van der Waals surface area contributed by atoms with Gasteiger partial charge in [0.1, 0.15) is 23.0 Å². The molecule has 0 fully saturated rings. The van der Waals surface area contributed by atoms with E-state index < -0.39 is 6.03 Å². The number of benzene rings is 3. The number of amides is 3. The zero-order valence-electron chi connectivity index (χ0n) is 20.8. The van der Waals surface area contributed by atoms with Gasteiger partial charge in [-0.25, -0.2) is 4.79 Å². The molecule has 0 bridgehead atoms. The van der Waals surface area contributed by atoms with Crippen LogP contribution in [0, 0.1) is 0 Å². The molecule has 3 rings (SSSR count). The first-order chi connectivity index (χ1) is 16.6. The second kappa shape index (κ2) is 10.4. The summed E-state index contributed by atoms with van der Waals surface area (Å²) >= 11 is 0. The summed E-state index contributed by atoms with van der Waals surface area (Å²) in [5, 5.41) is 2.58. The lowest BCUT2D eigenvalue weighted by atomic mass is 9.86. The van der Waals surface area contributed by atoms with E-state index in [0.29, 0.717) is 39.9 Å². The summed E-state index contributed by atoms with van der Waals surface area (Å²) in [7, 11) is 4.59. The Hall–Kier alpha value is -4.20. The van der Waals surface area contributed by atoms with E-state index in [1.54, 1.807) is 56.6 Å². The van der Waals surface area contributed by atoms with Crippen LogP contribution >= 0.6 is 0 Å². The average Bonchev–Trinajstić information content (AvgIpc) is 2.83. The maximum absolute atomic E-state index is 12.5. The van der Waals surface area contributed by atoms with E-state index in [2.05, 4.69) is 26.1 Å². The molecule has 8 nitrogen and oxygen atoms in total. The van der Waals surface area contributed by atoms with Gasteiger partial charge in [-0.3, -0.25) is 9.69 Å². The molecule has 0 aliphatic heterocycles. The average molecular weight is 478 g/mol. The smallest absolute Gasteiger partial charge is 0.324 e. The van der Waals surface area contributed by atoms with Crippen molar-refractivity contribution in [1.29, 1.82) is 0 Å². The van der Waals surface area contributed by atoms with Gasteiger partial charge in [-0.2, -0.15) is 0 Å². The number of nitrogens with zero attached hydrogens (tertiary/aromatic N) is 1. The Bertz CT molecular complexity index is 1220. The number of anilines is 2. The van der Waals surface area contributed by atoms with Crippen LogP contribution in [0.5, 0.6) is 23.0 Å². The van der Waals surface area contributed by atoms with Crippen molar-refractivity contribution >= 4 is 23.3 Å². The first kappa shape index (κ1) is 25.4. The lowest BCUT2D eigenvalue weighted by Crippen LogP contribution is -2.32. The van der Waals surface area contributed by atoms with Crippen molar-refractivity contribution in [3.05, 3.63) is 71.8 Å². The molecule has 3 amide bonds. The molecule has 184 valence electrons. The fourth-order valence-corrected chi connectivity index (χ4v) is 3.58. The molecule has 0 saturated carbocycles. The van der Waals surface area contributed by atoms with Gasteiger partial charge in [-0.05, 0) is 65.6 Å². The minimum absolute atomic E-state index is 0.131. The van der Waals surface area contributed by atoms with Crippen LogP contribution in [0.3, 0.4) is 0 Å². The Morgan fingerprint density at radius 2 is 1.46 bits per heavy atom. The van der Waals surface area contributed by atoms with Gasteiger partial charge in [0.15, 0.2) is 0 Å². The maximum atomic E-state index is 12.5. The Kier molecular flexibility index (Phi) is 7.54. The third-order valence-corrected chi connectivity index (χ3v) is 5.48. The van der Waals surface area contributed by atoms with Crippen LogP contribution in [-0.2, 0) is 5.41 Å². The molecule has 3 N–H and O–H groups in total. The number of rotatable bonds is 7. The van der Waals surface area contributed by atoms with Crippen molar-refractivity contribution in [3.8, 4) is 23.0 Å². The van der Waals surface area contributed by atoms with Crippen molar-refractivity contribution in [3.63, 3.8) is 0 Å². The Labute approximate surface area is 205 Å². The summed E-state index contributed by atoms with van der Waals surface area (Å²) in [5.74, 6) is 1.66. The normalized spacial score (nSPS) is 10.9. The number of hydrogen-bond acceptors (Lipinski definition) is 5. The molecule has 0 atom stereocenters. The Morgan fingerprint density at radius 3 is 2.00 bits per heavy atom. The zero-order valence-corrected chi connectivity index (χ0v) is 20.8. The van der Waals surface area contributed by atoms with Gasteiger partial charge in [-0.15, -0.1) is 0 Å². The van der Waals surface area contributed by atoms with Crippen LogP contribution in [0.4, 0.5) is 16.2 Å². The molecule has 0 aromatic heterocycles. The monoisotopic (exact) mass is 477 g/mol. The van der Waals surface area contributed by atoms with Gasteiger partial charge < -0.3 is 25.3 Å². The molecule has 3 aromatic rings. The summed E-state index contributed by atoms with van der Waals surface area (Å²) in [6.07, 6.45) is 0. The van der Waals surface area contributed by atoms with Crippen molar-refractivity contribution in [2.75, 3.05) is 26.2 Å². The van der Waals surface area contributed by atoms with Crippen LogP contribution in [-0.4, -0.2) is 33.2 Å². The van der Waals surface area contributed by atoms with Crippen LogP contribution in [0.15, 0.2) is 60.7 Å². The third-order valence-electron chi connectivity index (χ3n) is 5.48. The highest BCUT2D eigenvalue weighted by atomic mass is 16.5. The highest BCUT2D eigenvalue weighted by Gasteiger charge is 2.23. The molecule has 8 heteroatoms. The molecular formula is C27H31N3O5. The van der Waals surface area contributed by atoms with E-state index >= 15 is 0 Å². The minimum Gasteiger partial charge on any atom is -0.496 e. The predicted molar refractivity (Wildman–Crippen MR) is 136 cm³/mol. The molecule has 3 aromatic carbocycles. The molecule has 0 spiro atoms. The van der Waals surface area contributed by atoms with E-state index in [1.807, 2.05) is 18.2 Å². The lowest BCUT2D eigenvalue weighted by molar-refractivity contribution is 0.0959. The van der Waals surface area contributed by atoms with Crippen molar-refractivity contribution in [1.82, 2.24) is 5.32 Å². The van der Waals surface area contributed by atoms with Gasteiger partial charge in [0, 0.05) is 7.05 Å². The van der Waals surface area contributed by atoms with E-state index in [4.69, 9.17) is 19.9 Å². The predicted octanol–water partition coefficient (Wildman–Crippen LogP) is 5.37. The second-order valence-electron chi connectivity index (χ2n) is 8.85. The van der Waals surface area contributed by atoms with Gasteiger partial charge in [-0.1, -0.05) is 26.8 Å². The van der Waals surface area contributed by atoms with Crippen molar-refractivity contribution < 1.29 is 23.8 Å². The van der Waals surface area contributed by atoms with Gasteiger partial charge >= 0.3 is 6.03 Å². The fraction of sp³-hybridized carbons (Fsp3) is 0.259. The third kappa shape index (κ3) is 5.66. The van der Waals surface area contributed by atoms with Crippen molar-refractivity contribution in [2.45, 2.75) is 26.2 Å². The molecule has 0 saturated heterocycles. The molecule has 0 unspecified atom stereocenters. The number of methoxy groups -OCH3 is 2. The van der Waals surface area contributed by atoms with Gasteiger partial charge in [0.2, 0.25) is 0 Å². The lowest BCUT2D eigenvalue weighted by Gasteiger charge is -2.26. The van der Waals surface area contributed by atoms with Gasteiger partial charge in [0.05, 0.1) is 31.2 Å². The number of nitrogens with two attached hydrogens (primary N) is 1. The van der Waals surface area contributed by atoms with Crippen LogP contribution in [0.25, 0.3) is 0 Å². The van der Waals surface area contributed by atoms with E-state index in [1.165, 1.54) is 12.0 Å². The number of nitrogens with one attached hydrogen (secondary N) is 1. The highest BCUT2D eigenvalue weighted by Crippen LogP contribution is 2.38. The summed E-state index contributed by atoms with van der Waals surface area (Å²) in [5.41, 5.74) is 8.14. The summed E-state index contributed by atoms with van der Waals surface area (Å²) < 4.78 is 16.7. The summed E-state index contributed by atoms with van der Waals surface area (Å²) in [6.45, 7) is 6.27.